The van der Waals surface area contributed by atoms with Crippen LogP contribution in [0.2, 0.25) is 0 Å². The van der Waals surface area contributed by atoms with Gasteiger partial charge in [-0.05, 0) is 24.6 Å². The molecule has 0 atom stereocenters. The van der Waals surface area contributed by atoms with Crippen LogP contribution in [-0.2, 0) is 5.41 Å². The van der Waals surface area contributed by atoms with Crippen molar-refractivity contribution in [2.75, 3.05) is 20.2 Å². The Kier molecular flexibility index (Phi) is 5.01. The fraction of sp³-hybridized carbons (Fsp3) is 0.500. The Morgan fingerprint density at radius 2 is 1.89 bits per heavy atom. The van der Waals surface area contributed by atoms with Crippen LogP contribution in [0.15, 0.2) is 24.3 Å². The van der Waals surface area contributed by atoms with Crippen LogP contribution < -0.4 is 15.4 Å². The lowest BCUT2D eigenvalue weighted by Gasteiger charge is -2.25. The molecule has 0 unspecified atom stereocenters. The van der Waals surface area contributed by atoms with Crippen molar-refractivity contribution in [2.45, 2.75) is 26.2 Å². The molecule has 4 nitrogen and oxygen atoms in total. The third kappa shape index (κ3) is 3.95. The fourth-order valence-corrected chi connectivity index (χ4v) is 1.66. The van der Waals surface area contributed by atoms with Crippen LogP contribution >= 0.6 is 0 Å². The molecule has 100 valence electrons. The number of ether oxygens (including phenoxy) is 1. The van der Waals surface area contributed by atoms with Crippen LogP contribution in [-0.4, -0.2) is 26.2 Å². The van der Waals surface area contributed by atoms with E-state index in [1.807, 2.05) is 31.2 Å². The zero-order valence-electron chi connectivity index (χ0n) is 11.5. The van der Waals surface area contributed by atoms with Gasteiger partial charge in [0.25, 0.3) is 0 Å². The van der Waals surface area contributed by atoms with Gasteiger partial charge in [-0.2, -0.15) is 0 Å². The minimum absolute atomic E-state index is 0.114. The summed E-state index contributed by atoms with van der Waals surface area (Å²) >= 11 is 0. The minimum atomic E-state index is -0.158. The molecule has 0 heterocycles. The van der Waals surface area contributed by atoms with Crippen molar-refractivity contribution in [1.29, 1.82) is 0 Å². The van der Waals surface area contributed by atoms with Gasteiger partial charge >= 0.3 is 6.03 Å². The maximum absolute atomic E-state index is 11.2. The number of rotatable bonds is 5. The fourth-order valence-electron chi connectivity index (χ4n) is 1.66. The Labute approximate surface area is 109 Å². The Balaban J connectivity index is 2.68. The summed E-state index contributed by atoms with van der Waals surface area (Å²) in [6, 6.07) is 7.84. The third-order valence-electron chi connectivity index (χ3n) is 2.86. The van der Waals surface area contributed by atoms with Crippen molar-refractivity contribution in [1.82, 2.24) is 10.6 Å². The van der Waals surface area contributed by atoms with E-state index in [4.69, 9.17) is 4.74 Å². The van der Waals surface area contributed by atoms with E-state index in [0.29, 0.717) is 13.2 Å². The largest absolute Gasteiger partial charge is 0.494 e. The first kappa shape index (κ1) is 14.4. The minimum Gasteiger partial charge on any atom is -0.494 e. The number of hydrogen-bond donors (Lipinski definition) is 2. The van der Waals surface area contributed by atoms with Crippen molar-refractivity contribution in [3.63, 3.8) is 0 Å². The Morgan fingerprint density at radius 1 is 1.28 bits per heavy atom. The Morgan fingerprint density at radius 3 is 2.39 bits per heavy atom. The molecule has 2 amide bonds. The summed E-state index contributed by atoms with van der Waals surface area (Å²) in [6.45, 7) is 7.41. The standard InChI is InChI=1S/C14H22N2O2/c1-5-18-12-8-6-11(7-9-12)14(2,3)10-16-13(17)15-4/h6-9H,5,10H2,1-4H3,(H2,15,16,17). The Bertz CT molecular complexity index is 385. The first-order chi connectivity index (χ1) is 8.49. The molecule has 2 N–H and O–H groups in total. The average Bonchev–Trinajstić information content (AvgIpc) is 2.37. The van der Waals surface area contributed by atoms with Gasteiger partial charge in [-0.15, -0.1) is 0 Å². The number of carbonyl (C=O) groups excluding carboxylic acids is 1. The summed E-state index contributed by atoms with van der Waals surface area (Å²) < 4.78 is 5.41. The van der Waals surface area contributed by atoms with Gasteiger partial charge in [-0.3, -0.25) is 0 Å². The molecular formula is C14H22N2O2. The third-order valence-corrected chi connectivity index (χ3v) is 2.86. The molecule has 0 aromatic heterocycles. The van der Waals surface area contributed by atoms with E-state index in [0.717, 1.165) is 5.75 Å². The van der Waals surface area contributed by atoms with Crippen LogP contribution in [0.5, 0.6) is 5.75 Å². The molecule has 0 radical (unpaired) electrons. The predicted molar refractivity (Wildman–Crippen MR) is 73.1 cm³/mol. The van der Waals surface area contributed by atoms with E-state index in [9.17, 15) is 4.79 Å². The van der Waals surface area contributed by atoms with E-state index in [1.165, 1.54) is 5.56 Å². The molecule has 0 aliphatic rings. The summed E-state index contributed by atoms with van der Waals surface area (Å²) in [6.07, 6.45) is 0. The van der Waals surface area contributed by atoms with Crippen LogP contribution in [0.25, 0.3) is 0 Å². The van der Waals surface area contributed by atoms with Crippen LogP contribution in [0.3, 0.4) is 0 Å². The number of benzene rings is 1. The summed E-state index contributed by atoms with van der Waals surface area (Å²) in [7, 11) is 1.61. The highest BCUT2D eigenvalue weighted by Gasteiger charge is 2.21. The lowest BCUT2D eigenvalue weighted by Crippen LogP contribution is -2.40. The van der Waals surface area contributed by atoms with Crippen LogP contribution in [0.4, 0.5) is 4.79 Å². The topological polar surface area (TPSA) is 50.4 Å². The highest BCUT2D eigenvalue weighted by molar-refractivity contribution is 5.73. The molecule has 1 rings (SSSR count). The molecule has 0 saturated carbocycles. The van der Waals surface area contributed by atoms with Gasteiger partial charge in [0.1, 0.15) is 5.75 Å². The van der Waals surface area contributed by atoms with Crippen molar-refractivity contribution >= 4 is 6.03 Å². The smallest absolute Gasteiger partial charge is 0.314 e. The average molecular weight is 250 g/mol. The first-order valence-electron chi connectivity index (χ1n) is 6.18. The summed E-state index contributed by atoms with van der Waals surface area (Å²) in [4.78, 5) is 11.2. The van der Waals surface area contributed by atoms with E-state index < -0.39 is 0 Å². The first-order valence-corrected chi connectivity index (χ1v) is 6.18. The van der Waals surface area contributed by atoms with E-state index in [2.05, 4.69) is 24.5 Å². The summed E-state index contributed by atoms with van der Waals surface area (Å²) in [5.41, 5.74) is 1.06. The Hall–Kier alpha value is -1.71. The molecule has 0 bridgehead atoms. The van der Waals surface area contributed by atoms with E-state index in [-0.39, 0.29) is 11.4 Å². The molecule has 1 aromatic carbocycles. The molecular weight excluding hydrogens is 228 g/mol. The molecule has 0 aliphatic heterocycles. The molecule has 0 spiro atoms. The van der Waals surface area contributed by atoms with E-state index >= 15 is 0 Å². The van der Waals surface area contributed by atoms with Crippen LogP contribution in [0.1, 0.15) is 26.3 Å². The van der Waals surface area contributed by atoms with Crippen molar-refractivity contribution in [3.8, 4) is 5.75 Å². The van der Waals surface area contributed by atoms with E-state index in [1.54, 1.807) is 7.05 Å². The van der Waals surface area contributed by atoms with Gasteiger partial charge in [0.05, 0.1) is 6.61 Å². The maximum atomic E-state index is 11.2. The zero-order chi connectivity index (χ0) is 13.6. The molecule has 18 heavy (non-hydrogen) atoms. The highest BCUT2D eigenvalue weighted by Crippen LogP contribution is 2.24. The summed E-state index contributed by atoms with van der Waals surface area (Å²) in [5, 5.41) is 5.37. The second-order valence-corrected chi connectivity index (χ2v) is 4.77. The number of amides is 2. The predicted octanol–water partition coefficient (Wildman–Crippen LogP) is 2.29. The van der Waals surface area contributed by atoms with Crippen LogP contribution in [0, 0.1) is 0 Å². The van der Waals surface area contributed by atoms with Gasteiger partial charge < -0.3 is 15.4 Å². The van der Waals surface area contributed by atoms with Gasteiger partial charge in [0.2, 0.25) is 0 Å². The van der Waals surface area contributed by atoms with Gasteiger partial charge in [-0.25, -0.2) is 4.79 Å². The molecule has 0 fully saturated rings. The quantitative estimate of drug-likeness (QED) is 0.842. The second-order valence-electron chi connectivity index (χ2n) is 4.77. The lowest BCUT2D eigenvalue weighted by atomic mass is 9.84. The lowest BCUT2D eigenvalue weighted by molar-refractivity contribution is 0.240. The summed E-state index contributed by atoms with van der Waals surface area (Å²) in [5.74, 6) is 0.872. The monoisotopic (exact) mass is 250 g/mol. The zero-order valence-corrected chi connectivity index (χ0v) is 11.5. The molecule has 0 aliphatic carbocycles. The highest BCUT2D eigenvalue weighted by atomic mass is 16.5. The molecule has 0 saturated heterocycles. The number of carbonyl (C=O) groups is 1. The van der Waals surface area contributed by atoms with Gasteiger partial charge in [-0.1, -0.05) is 26.0 Å². The number of hydrogen-bond acceptors (Lipinski definition) is 2. The second kappa shape index (κ2) is 6.28. The number of urea groups is 1. The van der Waals surface area contributed by atoms with Gasteiger partial charge in [0.15, 0.2) is 0 Å². The van der Waals surface area contributed by atoms with Gasteiger partial charge in [0, 0.05) is 19.0 Å². The van der Waals surface area contributed by atoms with Crippen molar-refractivity contribution in [2.24, 2.45) is 0 Å². The molecule has 4 heteroatoms. The van der Waals surface area contributed by atoms with Crippen molar-refractivity contribution in [3.05, 3.63) is 29.8 Å². The normalized spacial score (nSPS) is 10.9. The SMILES string of the molecule is CCOc1ccc(C(C)(C)CNC(=O)NC)cc1. The number of nitrogens with one attached hydrogen (secondary N) is 2. The van der Waals surface area contributed by atoms with Crippen molar-refractivity contribution < 1.29 is 9.53 Å². The maximum Gasteiger partial charge on any atom is 0.314 e. The molecule has 1 aromatic rings.